The summed E-state index contributed by atoms with van der Waals surface area (Å²) in [6, 6.07) is 9.08. The molecule has 0 aliphatic heterocycles. The van der Waals surface area contributed by atoms with Crippen molar-refractivity contribution in [3.05, 3.63) is 71.2 Å². The van der Waals surface area contributed by atoms with Gasteiger partial charge in [0.05, 0.1) is 12.1 Å². The smallest absolute Gasteiger partial charge is 0.376 e. The van der Waals surface area contributed by atoms with Crippen molar-refractivity contribution in [2.24, 2.45) is 0 Å². The van der Waals surface area contributed by atoms with Crippen molar-refractivity contribution >= 4 is 29.0 Å². The molecule has 162 valence electrons. The Morgan fingerprint density at radius 2 is 1.74 bits per heavy atom. The molecule has 0 saturated heterocycles. The predicted molar refractivity (Wildman–Crippen MR) is 104 cm³/mol. The van der Waals surface area contributed by atoms with E-state index in [-0.39, 0.29) is 22.8 Å². The Labute approximate surface area is 173 Å². The third-order valence-electron chi connectivity index (χ3n) is 4.02. The molecule has 2 aromatic carbocycles. The molecule has 0 aliphatic carbocycles. The number of nitrogens with zero attached hydrogens (tertiary/aromatic N) is 1. The van der Waals surface area contributed by atoms with Gasteiger partial charge in [0.1, 0.15) is 11.6 Å². The largest absolute Gasteiger partial charge is 0.418 e. The van der Waals surface area contributed by atoms with Crippen molar-refractivity contribution < 1.29 is 31.7 Å². The second kappa shape index (κ2) is 8.86. The summed E-state index contributed by atoms with van der Waals surface area (Å²) in [5, 5.41) is 10.7. The monoisotopic (exact) mass is 436 g/mol. The molecule has 1 heterocycles. The highest BCUT2D eigenvalue weighted by Gasteiger charge is 2.34. The summed E-state index contributed by atoms with van der Waals surface area (Å²) in [5.41, 5.74) is -1.46. The van der Waals surface area contributed by atoms with E-state index in [1.165, 1.54) is 24.3 Å². The highest BCUT2D eigenvalue weighted by atomic mass is 19.4. The van der Waals surface area contributed by atoms with Gasteiger partial charge in [-0.25, -0.2) is 4.39 Å². The molecule has 1 aromatic heterocycles. The minimum Gasteiger partial charge on any atom is -0.376 e. The minimum absolute atomic E-state index is 0.0805. The molecule has 3 rings (SSSR count). The van der Waals surface area contributed by atoms with Gasteiger partial charge < -0.3 is 20.5 Å². The van der Waals surface area contributed by atoms with Gasteiger partial charge in [-0.3, -0.25) is 9.59 Å². The van der Waals surface area contributed by atoms with Crippen LogP contribution in [0.2, 0.25) is 0 Å². The first-order valence-corrected chi connectivity index (χ1v) is 8.87. The molecular formula is C20H16F4N4O3. The summed E-state index contributed by atoms with van der Waals surface area (Å²) < 4.78 is 58.2. The quantitative estimate of drug-likeness (QED) is 0.497. The lowest BCUT2D eigenvalue weighted by Gasteiger charge is -2.16. The van der Waals surface area contributed by atoms with Crippen molar-refractivity contribution in [1.29, 1.82) is 0 Å². The van der Waals surface area contributed by atoms with E-state index in [1.807, 2.05) is 0 Å². The molecule has 0 aliphatic rings. The molecule has 11 heteroatoms. The van der Waals surface area contributed by atoms with Crippen LogP contribution in [0, 0.1) is 12.7 Å². The number of aryl methyl sites for hydroxylation is 1. The molecule has 0 radical (unpaired) electrons. The maximum atomic E-state index is 13.5. The van der Waals surface area contributed by atoms with Crippen molar-refractivity contribution in [3.63, 3.8) is 0 Å². The van der Waals surface area contributed by atoms with Crippen LogP contribution < -0.4 is 16.0 Å². The zero-order valence-electron chi connectivity index (χ0n) is 16.0. The van der Waals surface area contributed by atoms with Crippen molar-refractivity contribution in [2.45, 2.75) is 13.1 Å². The van der Waals surface area contributed by atoms with Crippen LogP contribution in [0.5, 0.6) is 0 Å². The zero-order chi connectivity index (χ0) is 22.6. The summed E-state index contributed by atoms with van der Waals surface area (Å²) in [4.78, 5) is 24.1. The standard InChI is InChI=1S/C20H16F4N4O3/c1-11-8-17(28-31-11)27-18(29)10-25-16-7-6-14(9-15(16)20(22,23)24)26-19(30)12-2-4-13(21)5-3-12/h2-9,25H,10H2,1H3,(H,26,30)(H,27,28,29). The number of aromatic nitrogens is 1. The number of alkyl halides is 3. The molecule has 0 spiro atoms. The number of benzene rings is 2. The molecule has 2 amide bonds. The number of carbonyl (C=O) groups excluding carboxylic acids is 2. The summed E-state index contributed by atoms with van der Waals surface area (Å²) >= 11 is 0. The lowest BCUT2D eigenvalue weighted by Crippen LogP contribution is -2.23. The highest BCUT2D eigenvalue weighted by Crippen LogP contribution is 2.36. The Hall–Kier alpha value is -3.89. The molecule has 3 N–H and O–H groups in total. The first-order chi connectivity index (χ1) is 14.6. The van der Waals surface area contributed by atoms with E-state index in [2.05, 4.69) is 21.1 Å². The molecule has 0 saturated carbocycles. The maximum absolute atomic E-state index is 13.5. The average molecular weight is 436 g/mol. The Balaban J connectivity index is 1.71. The van der Waals surface area contributed by atoms with Crippen LogP contribution in [0.4, 0.5) is 34.8 Å². The van der Waals surface area contributed by atoms with Crippen LogP contribution in [0.25, 0.3) is 0 Å². The fourth-order valence-corrected chi connectivity index (χ4v) is 2.60. The van der Waals surface area contributed by atoms with E-state index >= 15 is 0 Å². The van der Waals surface area contributed by atoms with Crippen LogP contribution >= 0.6 is 0 Å². The average Bonchev–Trinajstić information content (AvgIpc) is 3.11. The van der Waals surface area contributed by atoms with Crippen LogP contribution in [-0.4, -0.2) is 23.5 Å². The lowest BCUT2D eigenvalue weighted by molar-refractivity contribution is -0.137. The number of rotatable bonds is 6. The third-order valence-corrected chi connectivity index (χ3v) is 4.02. The number of halogens is 4. The second-order valence-corrected chi connectivity index (χ2v) is 6.44. The Bertz CT molecular complexity index is 1090. The summed E-state index contributed by atoms with van der Waals surface area (Å²) in [6.45, 7) is 1.16. The molecule has 0 atom stereocenters. The number of hydrogen-bond donors (Lipinski definition) is 3. The fourth-order valence-electron chi connectivity index (χ4n) is 2.60. The summed E-state index contributed by atoms with van der Waals surface area (Å²) in [6.07, 6.45) is -4.75. The second-order valence-electron chi connectivity index (χ2n) is 6.44. The topological polar surface area (TPSA) is 96.3 Å². The number of anilines is 3. The fraction of sp³-hybridized carbons (Fsp3) is 0.150. The van der Waals surface area contributed by atoms with Crippen molar-refractivity contribution in [1.82, 2.24) is 5.16 Å². The summed E-state index contributed by atoms with van der Waals surface area (Å²) in [7, 11) is 0. The van der Waals surface area contributed by atoms with Gasteiger partial charge in [0.15, 0.2) is 5.82 Å². The van der Waals surface area contributed by atoms with Crippen LogP contribution in [0.15, 0.2) is 53.1 Å². The first kappa shape index (κ1) is 21.8. The molecule has 7 nitrogen and oxygen atoms in total. The van der Waals surface area contributed by atoms with Gasteiger partial charge in [-0.1, -0.05) is 5.16 Å². The van der Waals surface area contributed by atoms with Gasteiger partial charge in [0, 0.05) is 23.0 Å². The van der Waals surface area contributed by atoms with Gasteiger partial charge in [-0.15, -0.1) is 0 Å². The number of amides is 2. The van der Waals surface area contributed by atoms with Gasteiger partial charge in [-0.05, 0) is 49.4 Å². The minimum atomic E-state index is -4.75. The molecule has 31 heavy (non-hydrogen) atoms. The SMILES string of the molecule is Cc1cc(NC(=O)CNc2ccc(NC(=O)c3ccc(F)cc3)cc2C(F)(F)F)no1. The normalized spacial score (nSPS) is 11.1. The van der Waals surface area contributed by atoms with E-state index in [0.29, 0.717) is 5.76 Å². The Kier molecular flexibility index (Phi) is 6.23. The van der Waals surface area contributed by atoms with Crippen LogP contribution in [-0.2, 0) is 11.0 Å². The lowest BCUT2D eigenvalue weighted by atomic mass is 10.1. The van der Waals surface area contributed by atoms with Crippen LogP contribution in [0.1, 0.15) is 21.7 Å². The van der Waals surface area contributed by atoms with E-state index in [1.54, 1.807) is 6.92 Å². The number of nitrogens with one attached hydrogen (secondary N) is 3. The Morgan fingerprint density at radius 3 is 2.35 bits per heavy atom. The molecule has 3 aromatic rings. The zero-order valence-corrected chi connectivity index (χ0v) is 16.0. The molecule has 0 bridgehead atoms. The number of carbonyl (C=O) groups is 2. The summed E-state index contributed by atoms with van der Waals surface area (Å²) in [5.74, 6) is -1.28. The molecule has 0 fully saturated rings. The third kappa shape index (κ3) is 5.81. The van der Waals surface area contributed by atoms with E-state index < -0.39 is 35.9 Å². The van der Waals surface area contributed by atoms with Gasteiger partial charge in [0.2, 0.25) is 5.91 Å². The highest BCUT2D eigenvalue weighted by molar-refractivity contribution is 6.04. The Morgan fingerprint density at radius 1 is 1.03 bits per heavy atom. The first-order valence-electron chi connectivity index (χ1n) is 8.87. The maximum Gasteiger partial charge on any atom is 0.418 e. The number of hydrogen-bond acceptors (Lipinski definition) is 5. The van der Waals surface area contributed by atoms with Gasteiger partial charge in [0.25, 0.3) is 5.91 Å². The van der Waals surface area contributed by atoms with Gasteiger partial charge in [-0.2, -0.15) is 13.2 Å². The van der Waals surface area contributed by atoms with E-state index in [0.717, 1.165) is 24.3 Å². The van der Waals surface area contributed by atoms with Gasteiger partial charge >= 0.3 is 6.18 Å². The van der Waals surface area contributed by atoms with Crippen LogP contribution in [0.3, 0.4) is 0 Å². The van der Waals surface area contributed by atoms with E-state index in [4.69, 9.17) is 4.52 Å². The van der Waals surface area contributed by atoms with Crippen molar-refractivity contribution in [2.75, 3.05) is 22.5 Å². The molecular weight excluding hydrogens is 420 g/mol. The molecule has 0 unspecified atom stereocenters. The van der Waals surface area contributed by atoms with Crippen molar-refractivity contribution in [3.8, 4) is 0 Å². The predicted octanol–water partition coefficient (Wildman–Crippen LogP) is 4.44. The van der Waals surface area contributed by atoms with E-state index in [9.17, 15) is 27.2 Å².